The Labute approximate surface area is 116 Å². The van der Waals surface area contributed by atoms with Crippen LogP contribution in [0.1, 0.15) is 26.7 Å². The fourth-order valence-corrected chi connectivity index (χ4v) is 1.54. The summed E-state index contributed by atoms with van der Waals surface area (Å²) in [5.41, 5.74) is 15.7. The summed E-state index contributed by atoms with van der Waals surface area (Å²) in [4.78, 5) is 33.7. The minimum atomic E-state index is -2.18. The number of primary amides is 1. The summed E-state index contributed by atoms with van der Waals surface area (Å²) in [5, 5.41) is 12.5. The lowest BCUT2D eigenvalue weighted by Gasteiger charge is -2.25. The molecule has 0 heterocycles. The molecule has 2 amide bonds. The van der Waals surface area contributed by atoms with Gasteiger partial charge in [-0.15, -0.1) is 0 Å². The number of nitrogens with two attached hydrogens (primary N) is 3. The van der Waals surface area contributed by atoms with E-state index < -0.39 is 35.8 Å². The largest absolute Gasteiger partial charge is 0.480 e. The molecular weight excluding hydrogens is 266 g/mol. The Balaban J connectivity index is 4.91. The van der Waals surface area contributed by atoms with Crippen LogP contribution in [0.2, 0.25) is 0 Å². The molecule has 0 bridgehead atoms. The van der Waals surface area contributed by atoms with Crippen LogP contribution in [-0.4, -0.2) is 40.7 Å². The number of rotatable bonds is 8. The average Bonchev–Trinajstić information content (AvgIpc) is 2.31. The molecule has 114 valence electrons. The van der Waals surface area contributed by atoms with E-state index in [0.717, 1.165) is 6.21 Å². The average molecular weight is 287 g/mol. The Bertz CT molecular complexity index is 410. The molecule has 0 fully saturated rings. The molecular formula is C11H21N5O4. The second-order valence-electron chi connectivity index (χ2n) is 4.87. The number of carbonyl (C=O) groups is 3. The molecule has 0 aliphatic rings. The molecule has 8 N–H and O–H groups in total. The van der Waals surface area contributed by atoms with Gasteiger partial charge in [-0.2, -0.15) is 5.10 Å². The van der Waals surface area contributed by atoms with E-state index in [1.54, 1.807) is 0 Å². The van der Waals surface area contributed by atoms with Crippen LogP contribution < -0.4 is 22.6 Å². The molecule has 2 atom stereocenters. The van der Waals surface area contributed by atoms with Gasteiger partial charge in [0.25, 0.3) is 0 Å². The van der Waals surface area contributed by atoms with Gasteiger partial charge in [0.15, 0.2) is 11.3 Å². The maximum Gasteiger partial charge on any atom is 0.332 e. The van der Waals surface area contributed by atoms with Crippen molar-refractivity contribution in [3.8, 4) is 0 Å². The quantitative estimate of drug-likeness (QED) is 0.212. The number of nitrogens with one attached hydrogen (secondary N) is 1. The molecule has 0 rings (SSSR count). The van der Waals surface area contributed by atoms with Gasteiger partial charge in [-0.25, -0.2) is 15.0 Å². The molecule has 9 nitrogen and oxygen atoms in total. The third-order valence-electron chi connectivity index (χ3n) is 2.56. The van der Waals surface area contributed by atoms with Gasteiger partial charge >= 0.3 is 12.0 Å². The van der Waals surface area contributed by atoms with Crippen LogP contribution in [-0.2, 0) is 9.59 Å². The standard InChI is InChI=1S/C11H21N5O4/c1-6(2)5-7(12)8(17)11(14,9(18)19)3-4-15-16-10(13)20/h4,6-7H,3,5,12,14H2,1-2H3,(H,18,19)(H3,13,16,20)/t7-,11?/m0/s1. The zero-order chi connectivity index (χ0) is 15.9. The van der Waals surface area contributed by atoms with Gasteiger partial charge in [0.1, 0.15) is 0 Å². The molecule has 0 radical (unpaired) electrons. The summed E-state index contributed by atoms with van der Waals surface area (Å²) < 4.78 is 0. The van der Waals surface area contributed by atoms with Crippen LogP contribution in [0.25, 0.3) is 0 Å². The van der Waals surface area contributed by atoms with Crippen molar-refractivity contribution in [1.82, 2.24) is 5.43 Å². The first-order valence-corrected chi connectivity index (χ1v) is 6.00. The Morgan fingerprint density at radius 3 is 2.35 bits per heavy atom. The summed E-state index contributed by atoms with van der Waals surface area (Å²) in [7, 11) is 0. The number of aliphatic carboxylic acids is 1. The Hall–Kier alpha value is -2.00. The van der Waals surface area contributed by atoms with Crippen LogP contribution >= 0.6 is 0 Å². The number of ketones is 1. The van der Waals surface area contributed by atoms with Crippen molar-refractivity contribution in [3.05, 3.63) is 0 Å². The van der Waals surface area contributed by atoms with Gasteiger partial charge in [0, 0.05) is 12.6 Å². The van der Waals surface area contributed by atoms with E-state index in [0.29, 0.717) is 6.42 Å². The van der Waals surface area contributed by atoms with Gasteiger partial charge in [-0.1, -0.05) is 13.8 Å². The molecule has 0 spiro atoms. The lowest BCUT2D eigenvalue weighted by Crippen LogP contribution is -2.60. The normalized spacial score (nSPS) is 15.8. The van der Waals surface area contributed by atoms with Crippen LogP contribution in [0.5, 0.6) is 0 Å². The van der Waals surface area contributed by atoms with Crippen molar-refractivity contribution in [2.75, 3.05) is 0 Å². The number of hydrogen-bond donors (Lipinski definition) is 5. The highest BCUT2D eigenvalue weighted by Crippen LogP contribution is 2.14. The first-order chi connectivity index (χ1) is 9.11. The second kappa shape index (κ2) is 7.56. The van der Waals surface area contributed by atoms with Gasteiger partial charge in [-0.05, 0) is 12.3 Å². The first kappa shape index (κ1) is 18.0. The molecule has 20 heavy (non-hydrogen) atoms. The van der Waals surface area contributed by atoms with Crippen molar-refractivity contribution >= 4 is 24.0 Å². The molecule has 0 aliphatic carbocycles. The Morgan fingerprint density at radius 1 is 1.40 bits per heavy atom. The van der Waals surface area contributed by atoms with Crippen LogP contribution in [0, 0.1) is 5.92 Å². The summed E-state index contributed by atoms with van der Waals surface area (Å²) >= 11 is 0. The number of carboxylic acid groups (broad SMARTS) is 1. The highest BCUT2D eigenvalue weighted by atomic mass is 16.4. The molecule has 0 aliphatic heterocycles. The minimum Gasteiger partial charge on any atom is -0.480 e. The SMILES string of the molecule is CC(C)C[C@H](N)C(=O)C(N)(CC=NNC(N)=O)C(=O)O. The van der Waals surface area contributed by atoms with E-state index in [2.05, 4.69) is 5.10 Å². The van der Waals surface area contributed by atoms with E-state index in [-0.39, 0.29) is 5.92 Å². The number of amides is 2. The molecule has 9 heteroatoms. The molecule has 0 aromatic heterocycles. The molecule has 1 unspecified atom stereocenters. The number of carboxylic acids is 1. The van der Waals surface area contributed by atoms with Gasteiger partial charge in [-0.3, -0.25) is 4.79 Å². The maximum atomic E-state index is 12.1. The molecule has 0 saturated heterocycles. The van der Waals surface area contributed by atoms with Crippen molar-refractivity contribution in [2.45, 2.75) is 38.3 Å². The van der Waals surface area contributed by atoms with Gasteiger partial charge in [0.2, 0.25) is 0 Å². The van der Waals surface area contributed by atoms with Crippen molar-refractivity contribution in [2.24, 2.45) is 28.2 Å². The van der Waals surface area contributed by atoms with Crippen LogP contribution in [0.15, 0.2) is 5.10 Å². The van der Waals surface area contributed by atoms with E-state index in [4.69, 9.17) is 22.3 Å². The monoisotopic (exact) mass is 287 g/mol. The fraction of sp³-hybridized carbons (Fsp3) is 0.636. The maximum absolute atomic E-state index is 12.1. The summed E-state index contributed by atoms with van der Waals surface area (Å²) in [6.45, 7) is 3.70. The van der Waals surface area contributed by atoms with Crippen LogP contribution in [0.4, 0.5) is 4.79 Å². The molecule has 0 aromatic carbocycles. The fourth-order valence-electron chi connectivity index (χ4n) is 1.54. The minimum absolute atomic E-state index is 0.122. The summed E-state index contributed by atoms with van der Waals surface area (Å²) in [5.74, 6) is -2.17. The third kappa shape index (κ3) is 5.33. The number of urea groups is 1. The highest BCUT2D eigenvalue weighted by Gasteiger charge is 2.43. The number of hydrogen-bond acceptors (Lipinski definition) is 6. The lowest BCUT2D eigenvalue weighted by atomic mass is 9.85. The van der Waals surface area contributed by atoms with Crippen molar-refractivity contribution in [1.29, 1.82) is 0 Å². The number of carbonyl (C=O) groups excluding carboxylic acids is 2. The zero-order valence-electron chi connectivity index (χ0n) is 11.5. The van der Waals surface area contributed by atoms with E-state index in [1.807, 2.05) is 19.3 Å². The lowest BCUT2D eigenvalue weighted by molar-refractivity contribution is -0.148. The van der Waals surface area contributed by atoms with Crippen LogP contribution in [0.3, 0.4) is 0 Å². The third-order valence-corrected chi connectivity index (χ3v) is 2.56. The van der Waals surface area contributed by atoms with E-state index in [1.165, 1.54) is 0 Å². The number of hydrazone groups is 1. The smallest absolute Gasteiger partial charge is 0.332 e. The number of Topliss-reactive ketones (excluding diaryl/α,β-unsaturated/α-hetero) is 1. The zero-order valence-corrected chi connectivity index (χ0v) is 11.5. The number of nitrogens with zero attached hydrogens (tertiary/aromatic N) is 1. The topological polar surface area (TPSA) is 174 Å². The Kier molecular flexibility index (Phi) is 6.80. The van der Waals surface area contributed by atoms with E-state index >= 15 is 0 Å². The highest BCUT2D eigenvalue weighted by molar-refractivity contribution is 6.11. The first-order valence-electron chi connectivity index (χ1n) is 6.00. The predicted octanol–water partition coefficient (Wildman–Crippen LogP) is -1.24. The summed E-state index contributed by atoms with van der Waals surface area (Å²) in [6, 6.07) is -1.89. The van der Waals surface area contributed by atoms with Crippen molar-refractivity contribution in [3.63, 3.8) is 0 Å². The Morgan fingerprint density at radius 2 is 1.95 bits per heavy atom. The second-order valence-corrected chi connectivity index (χ2v) is 4.87. The van der Waals surface area contributed by atoms with Crippen molar-refractivity contribution < 1.29 is 19.5 Å². The predicted molar refractivity (Wildman–Crippen MR) is 72.8 cm³/mol. The molecule has 0 aromatic rings. The molecule has 0 saturated carbocycles. The van der Waals surface area contributed by atoms with E-state index in [9.17, 15) is 14.4 Å². The van der Waals surface area contributed by atoms with Gasteiger partial charge < -0.3 is 22.3 Å². The summed E-state index contributed by atoms with van der Waals surface area (Å²) in [6.07, 6.45) is 0.911. The van der Waals surface area contributed by atoms with Gasteiger partial charge in [0.05, 0.1) is 6.04 Å².